The first-order valence-corrected chi connectivity index (χ1v) is 9.39. The highest BCUT2D eigenvalue weighted by Crippen LogP contribution is 2.18. The zero-order valence-electron chi connectivity index (χ0n) is 16.7. The average molecular weight is 410 g/mol. The van der Waals surface area contributed by atoms with Crippen molar-refractivity contribution in [2.24, 2.45) is 5.92 Å². The van der Waals surface area contributed by atoms with Crippen LogP contribution in [0.15, 0.2) is 48.5 Å². The molecule has 1 saturated heterocycles. The molecule has 8 nitrogen and oxygen atoms in total. The summed E-state index contributed by atoms with van der Waals surface area (Å²) in [6.45, 7) is 1.43. The monoisotopic (exact) mass is 410 g/mol. The van der Waals surface area contributed by atoms with E-state index in [0.717, 1.165) is 10.6 Å². The standard InChI is InChI=1S/C22H22N2O6/c1-14-4-3-5-16(10-14)21(27)23-24-12-17(11-20(24)26)22(28)30-13-19(25)15-6-8-18(29-2)9-7-15/h3-10,17H,11-13H2,1-2H3,(H,23,27). The maximum atomic E-state index is 12.3. The summed E-state index contributed by atoms with van der Waals surface area (Å²) in [5, 5.41) is 1.11. The number of carbonyl (C=O) groups excluding carboxylic acids is 4. The molecule has 0 aromatic heterocycles. The van der Waals surface area contributed by atoms with E-state index < -0.39 is 24.4 Å². The summed E-state index contributed by atoms with van der Waals surface area (Å²) in [6.07, 6.45) is -0.0936. The normalized spacial score (nSPS) is 15.6. The first-order valence-electron chi connectivity index (χ1n) is 9.39. The van der Waals surface area contributed by atoms with Gasteiger partial charge >= 0.3 is 5.97 Å². The zero-order chi connectivity index (χ0) is 21.7. The fraction of sp³-hybridized carbons (Fsp3) is 0.273. The summed E-state index contributed by atoms with van der Waals surface area (Å²) < 4.78 is 10.1. The number of methoxy groups -OCH3 is 1. The van der Waals surface area contributed by atoms with Crippen LogP contribution in [0.3, 0.4) is 0 Å². The molecule has 2 aromatic carbocycles. The molecule has 1 unspecified atom stereocenters. The number of carbonyl (C=O) groups is 4. The number of esters is 1. The first kappa shape index (κ1) is 21.0. The van der Waals surface area contributed by atoms with Crippen molar-refractivity contribution in [3.8, 4) is 5.75 Å². The summed E-state index contributed by atoms with van der Waals surface area (Å²) in [7, 11) is 1.52. The minimum Gasteiger partial charge on any atom is -0.497 e. The molecule has 1 aliphatic rings. The molecule has 1 heterocycles. The van der Waals surface area contributed by atoms with Crippen molar-refractivity contribution in [2.75, 3.05) is 20.3 Å². The van der Waals surface area contributed by atoms with Crippen molar-refractivity contribution in [2.45, 2.75) is 13.3 Å². The fourth-order valence-electron chi connectivity index (χ4n) is 3.06. The largest absolute Gasteiger partial charge is 0.497 e. The van der Waals surface area contributed by atoms with Crippen molar-refractivity contribution in [1.82, 2.24) is 10.4 Å². The SMILES string of the molecule is COc1ccc(C(=O)COC(=O)C2CC(=O)N(NC(=O)c3cccc(C)c3)C2)cc1. The number of nitrogens with one attached hydrogen (secondary N) is 1. The van der Waals surface area contributed by atoms with Crippen LogP contribution in [0.25, 0.3) is 0 Å². The van der Waals surface area contributed by atoms with Gasteiger partial charge < -0.3 is 9.47 Å². The topological polar surface area (TPSA) is 102 Å². The summed E-state index contributed by atoms with van der Waals surface area (Å²) in [4.78, 5) is 48.9. The van der Waals surface area contributed by atoms with Gasteiger partial charge in [-0.1, -0.05) is 17.7 Å². The first-order chi connectivity index (χ1) is 14.4. The molecular formula is C22H22N2O6. The number of aryl methyl sites for hydroxylation is 1. The van der Waals surface area contributed by atoms with Gasteiger partial charge in [0.05, 0.1) is 19.6 Å². The van der Waals surface area contributed by atoms with Crippen molar-refractivity contribution in [3.05, 3.63) is 65.2 Å². The van der Waals surface area contributed by atoms with Crippen LogP contribution in [0.2, 0.25) is 0 Å². The lowest BCUT2D eigenvalue weighted by Crippen LogP contribution is -2.43. The van der Waals surface area contributed by atoms with E-state index in [1.165, 1.54) is 7.11 Å². The summed E-state index contributed by atoms with van der Waals surface area (Å²) >= 11 is 0. The Bertz CT molecular complexity index is 970. The van der Waals surface area contributed by atoms with Gasteiger partial charge in [0, 0.05) is 17.5 Å². The van der Waals surface area contributed by atoms with Crippen LogP contribution >= 0.6 is 0 Å². The van der Waals surface area contributed by atoms with Gasteiger partial charge in [-0.3, -0.25) is 29.6 Å². The molecule has 0 spiro atoms. The quantitative estimate of drug-likeness (QED) is 0.553. The van der Waals surface area contributed by atoms with Crippen molar-refractivity contribution in [3.63, 3.8) is 0 Å². The highest BCUT2D eigenvalue weighted by molar-refractivity contribution is 5.99. The zero-order valence-corrected chi connectivity index (χ0v) is 16.7. The second-order valence-electron chi connectivity index (χ2n) is 6.98. The molecule has 156 valence electrons. The predicted molar refractivity (Wildman–Crippen MR) is 107 cm³/mol. The molecule has 2 aromatic rings. The number of nitrogens with zero attached hydrogens (tertiary/aromatic N) is 1. The number of ketones is 1. The number of amides is 2. The van der Waals surface area contributed by atoms with Gasteiger partial charge in [0.25, 0.3) is 5.91 Å². The number of benzene rings is 2. The molecule has 1 atom stereocenters. The Morgan fingerprint density at radius 1 is 1.10 bits per heavy atom. The predicted octanol–water partition coefficient (Wildman–Crippen LogP) is 1.92. The Balaban J connectivity index is 1.51. The van der Waals surface area contributed by atoms with E-state index in [2.05, 4.69) is 5.43 Å². The Hall–Kier alpha value is -3.68. The van der Waals surface area contributed by atoms with Crippen molar-refractivity contribution >= 4 is 23.6 Å². The van der Waals surface area contributed by atoms with Crippen LogP contribution in [-0.2, 0) is 14.3 Å². The van der Waals surface area contributed by atoms with Crippen LogP contribution in [0.4, 0.5) is 0 Å². The van der Waals surface area contributed by atoms with Gasteiger partial charge in [-0.2, -0.15) is 0 Å². The molecule has 1 aliphatic heterocycles. The van der Waals surface area contributed by atoms with Gasteiger partial charge in [0.15, 0.2) is 12.4 Å². The third-order valence-electron chi connectivity index (χ3n) is 4.73. The lowest BCUT2D eigenvalue weighted by atomic mass is 10.1. The van der Waals surface area contributed by atoms with Crippen LogP contribution in [0.5, 0.6) is 5.75 Å². The van der Waals surface area contributed by atoms with E-state index in [4.69, 9.17) is 9.47 Å². The highest BCUT2D eigenvalue weighted by atomic mass is 16.5. The second kappa shape index (κ2) is 9.21. The molecule has 2 amide bonds. The van der Waals surface area contributed by atoms with Crippen LogP contribution in [-0.4, -0.2) is 48.8 Å². The molecular weight excluding hydrogens is 388 g/mol. The Morgan fingerprint density at radius 2 is 1.83 bits per heavy atom. The van der Waals surface area contributed by atoms with Gasteiger partial charge in [-0.15, -0.1) is 0 Å². The minimum atomic E-state index is -0.751. The minimum absolute atomic E-state index is 0.00799. The van der Waals surface area contributed by atoms with Crippen molar-refractivity contribution in [1.29, 1.82) is 0 Å². The van der Waals surface area contributed by atoms with Gasteiger partial charge in [0.1, 0.15) is 5.75 Å². The molecule has 30 heavy (non-hydrogen) atoms. The Kier molecular flexibility index (Phi) is 6.46. The molecule has 3 rings (SSSR count). The molecule has 0 radical (unpaired) electrons. The molecule has 1 N–H and O–H groups in total. The summed E-state index contributed by atoms with van der Waals surface area (Å²) in [5.41, 5.74) is 4.23. The number of ether oxygens (including phenoxy) is 2. The van der Waals surface area contributed by atoms with E-state index in [0.29, 0.717) is 16.9 Å². The van der Waals surface area contributed by atoms with E-state index in [1.807, 2.05) is 13.0 Å². The second-order valence-corrected chi connectivity index (χ2v) is 6.98. The highest BCUT2D eigenvalue weighted by Gasteiger charge is 2.36. The maximum Gasteiger partial charge on any atom is 0.311 e. The van der Waals surface area contributed by atoms with E-state index in [9.17, 15) is 19.2 Å². The number of Topliss-reactive ketones (excluding diaryl/α,β-unsaturated/α-hetero) is 1. The molecule has 0 bridgehead atoms. The molecule has 1 fully saturated rings. The van der Waals surface area contributed by atoms with Crippen LogP contribution in [0.1, 0.15) is 32.7 Å². The summed E-state index contributed by atoms with van der Waals surface area (Å²) in [5.74, 6) is -1.98. The molecule has 8 heteroatoms. The third-order valence-corrected chi connectivity index (χ3v) is 4.73. The maximum absolute atomic E-state index is 12.3. The number of hydrazine groups is 1. The van der Waals surface area contributed by atoms with Crippen LogP contribution in [0, 0.1) is 12.8 Å². The van der Waals surface area contributed by atoms with Gasteiger partial charge in [-0.05, 0) is 43.3 Å². The average Bonchev–Trinajstić information content (AvgIpc) is 3.12. The van der Waals surface area contributed by atoms with Crippen LogP contribution < -0.4 is 10.2 Å². The lowest BCUT2D eigenvalue weighted by Gasteiger charge is -2.17. The lowest BCUT2D eigenvalue weighted by molar-refractivity contribution is -0.147. The fourth-order valence-corrected chi connectivity index (χ4v) is 3.06. The Morgan fingerprint density at radius 3 is 2.50 bits per heavy atom. The summed E-state index contributed by atoms with van der Waals surface area (Å²) in [6, 6.07) is 13.4. The number of rotatable bonds is 7. The molecule has 0 saturated carbocycles. The smallest absolute Gasteiger partial charge is 0.311 e. The van der Waals surface area contributed by atoms with E-state index >= 15 is 0 Å². The molecule has 0 aliphatic carbocycles. The third kappa shape index (κ3) is 5.02. The number of hydrogen-bond acceptors (Lipinski definition) is 6. The van der Waals surface area contributed by atoms with Crippen molar-refractivity contribution < 1.29 is 28.7 Å². The Labute approximate surface area is 173 Å². The van der Waals surface area contributed by atoms with Gasteiger partial charge in [0.2, 0.25) is 5.91 Å². The van der Waals surface area contributed by atoms with Gasteiger partial charge in [-0.25, -0.2) is 0 Å². The van der Waals surface area contributed by atoms with E-state index in [-0.39, 0.29) is 24.7 Å². The van der Waals surface area contributed by atoms with E-state index in [1.54, 1.807) is 42.5 Å². The number of hydrogen-bond donors (Lipinski definition) is 1.